The zero-order valence-corrected chi connectivity index (χ0v) is 36.5. The third kappa shape index (κ3) is 7.44. The van der Waals surface area contributed by atoms with Crippen molar-refractivity contribution in [3.8, 4) is 22.3 Å². The number of carbonyl (C=O) groups is 4. The lowest BCUT2D eigenvalue weighted by Crippen LogP contribution is -2.51. The first-order valence-electron chi connectivity index (χ1n) is 22.4. The highest BCUT2D eigenvalue weighted by atomic mass is 16.5. The molecule has 0 unspecified atom stereocenters. The van der Waals surface area contributed by atoms with Crippen molar-refractivity contribution in [3.63, 3.8) is 0 Å². The molecule has 2 aromatic heterocycles. The highest BCUT2D eigenvalue weighted by Crippen LogP contribution is 2.55. The molecule has 4 heterocycles. The number of benzene rings is 3. The van der Waals surface area contributed by atoms with Crippen LogP contribution in [0.2, 0.25) is 0 Å². The van der Waals surface area contributed by atoms with E-state index in [1.165, 1.54) is 62.2 Å². The Morgan fingerprint density at radius 1 is 0.613 bits per heavy atom. The molecule has 10 rings (SSSR count). The number of amides is 4. The lowest BCUT2D eigenvalue weighted by atomic mass is 9.63. The van der Waals surface area contributed by atoms with Gasteiger partial charge in [0.15, 0.2) is 0 Å². The van der Waals surface area contributed by atoms with Crippen LogP contribution in [0.3, 0.4) is 0 Å². The minimum absolute atomic E-state index is 0.107. The summed E-state index contributed by atoms with van der Waals surface area (Å²) < 4.78 is 9.64. The van der Waals surface area contributed by atoms with Crippen LogP contribution in [-0.4, -0.2) is 93.1 Å². The highest BCUT2D eigenvalue weighted by Gasteiger charge is 2.40. The first-order chi connectivity index (χ1) is 29.9. The summed E-state index contributed by atoms with van der Waals surface area (Å²) in [7, 11) is 2.61. The number of hydrogen-bond acceptors (Lipinski definition) is 8. The van der Waals surface area contributed by atoms with Crippen LogP contribution >= 0.6 is 0 Å². The van der Waals surface area contributed by atoms with Gasteiger partial charge in [0.05, 0.1) is 48.4 Å². The summed E-state index contributed by atoms with van der Waals surface area (Å²) in [5.41, 5.74) is 11.3. The molecule has 62 heavy (non-hydrogen) atoms. The molecular formula is C48H58N8O6. The van der Waals surface area contributed by atoms with Crippen molar-refractivity contribution in [2.45, 2.75) is 115 Å². The second-order valence-electron chi connectivity index (χ2n) is 18.3. The Morgan fingerprint density at radius 3 is 1.39 bits per heavy atom. The van der Waals surface area contributed by atoms with Gasteiger partial charge in [-0.05, 0) is 133 Å². The number of imidazole rings is 2. The molecule has 4 atom stereocenters. The lowest BCUT2D eigenvalue weighted by molar-refractivity contribution is -0.136. The quantitative estimate of drug-likeness (QED) is 0.108. The summed E-state index contributed by atoms with van der Waals surface area (Å²) in [6.45, 7) is 8.89. The van der Waals surface area contributed by atoms with Crippen LogP contribution in [0, 0.1) is 11.8 Å². The second kappa shape index (κ2) is 16.7. The monoisotopic (exact) mass is 842 g/mol. The zero-order chi connectivity index (χ0) is 43.4. The Bertz CT molecular complexity index is 2360. The fourth-order valence-electron chi connectivity index (χ4n) is 10.8. The van der Waals surface area contributed by atoms with Gasteiger partial charge in [-0.2, -0.15) is 0 Å². The second-order valence-corrected chi connectivity index (χ2v) is 18.3. The van der Waals surface area contributed by atoms with Crippen LogP contribution < -0.4 is 10.6 Å². The first kappa shape index (κ1) is 41.4. The van der Waals surface area contributed by atoms with Gasteiger partial charge in [-0.25, -0.2) is 19.6 Å². The van der Waals surface area contributed by atoms with Gasteiger partial charge in [-0.1, -0.05) is 52.0 Å². The molecule has 5 aliphatic rings. The van der Waals surface area contributed by atoms with Crippen LogP contribution in [0.5, 0.6) is 0 Å². The Morgan fingerprint density at radius 2 is 1.02 bits per heavy atom. The van der Waals surface area contributed by atoms with Crippen molar-refractivity contribution in [1.29, 1.82) is 0 Å². The van der Waals surface area contributed by atoms with E-state index in [2.05, 4.69) is 69.1 Å². The van der Waals surface area contributed by atoms with Crippen molar-refractivity contribution in [1.82, 2.24) is 40.4 Å². The van der Waals surface area contributed by atoms with E-state index < -0.39 is 24.3 Å². The Balaban J connectivity index is 1.01. The van der Waals surface area contributed by atoms with E-state index in [4.69, 9.17) is 19.4 Å². The molecule has 0 radical (unpaired) electrons. The zero-order valence-electron chi connectivity index (χ0n) is 36.5. The Hall–Kier alpha value is -5.92. The molecule has 0 spiro atoms. The average molecular weight is 843 g/mol. The first-order valence-corrected chi connectivity index (χ1v) is 22.4. The Kier molecular flexibility index (Phi) is 11.2. The third-order valence-corrected chi connectivity index (χ3v) is 13.9. The van der Waals surface area contributed by atoms with E-state index in [0.717, 1.165) is 70.5 Å². The number of ether oxygens (including phenoxy) is 2. The minimum atomic E-state index is -0.690. The third-order valence-electron chi connectivity index (χ3n) is 13.9. The summed E-state index contributed by atoms with van der Waals surface area (Å²) >= 11 is 0. The molecule has 5 aromatic rings. The average Bonchev–Trinajstić information content (AvgIpc) is 4.12. The maximum Gasteiger partial charge on any atom is 0.407 e. The molecular weight excluding hydrogens is 785 g/mol. The molecule has 2 bridgehead atoms. The molecule has 3 aromatic carbocycles. The molecule has 14 heteroatoms. The lowest BCUT2D eigenvalue weighted by Gasteiger charge is -2.41. The van der Waals surface area contributed by atoms with Crippen LogP contribution in [0.25, 0.3) is 44.3 Å². The smallest absolute Gasteiger partial charge is 0.407 e. The van der Waals surface area contributed by atoms with Gasteiger partial charge in [0, 0.05) is 13.1 Å². The summed E-state index contributed by atoms with van der Waals surface area (Å²) in [4.78, 5) is 72.8. The largest absolute Gasteiger partial charge is 0.453 e. The molecule has 2 aliphatic heterocycles. The van der Waals surface area contributed by atoms with Gasteiger partial charge in [-0.3, -0.25) is 9.59 Å². The van der Waals surface area contributed by atoms with E-state index in [1.807, 2.05) is 37.5 Å². The van der Waals surface area contributed by atoms with Gasteiger partial charge in [0.25, 0.3) is 0 Å². The van der Waals surface area contributed by atoms with Gasteiger partial charge < -0.3 is 39.9 Å². The molecule has 3 aliphatic carbocycles. The fourth-order valence-corrected chi connectivity index (χ4v) is 10.8. The molecule has 4 N–H and O–H groups in total. The number of H-pyrrole nitrogens is 2. The van der Waals surface area contributed by atoms with Crippen LogP contribution in [0.15, 0.2) is 48.5 Å². The van der Waals surface area contributed by atoms with Crippen molar-refractivity contribution in [2.75, 3.05) is 27.3 Å². The number of fused-ring (bicyclic) bond motifs is 4. The van der Waals surface area contributed by atoms with Gasteiger partial charge in [0.1, 0.15) is 23.7 Å². The summed E-state index contributed by atoms with van der Waals surface area (Å²) in [6, 6.07) is 15.8. The van der Waals surface area contributed by atoms with Crippen LogP contribution in [0.1, 0.15) is 126 Å². The molecule has 14 nitrogen and oxygen atoms in total. The number of hydrogen-bond donors (Lipinski definition) is 4. The summed E-state index contributed by atoms with van der Waals surface area (Å²) in [5.74, 6) is 2.04. The van der Waals surface area contributed by atoms with E-state index in [0.29, 0.717) is 24.9 Å². The topological polar surface area (TPSA) is 175 Å². The van der Waals surface area contributed by atoms with Crippen molar-refractivity contribution < 1.29 is 28.7 Å². The maximum atomic E-state index is 13.8. The maximum absolute atomic E-state index is 13.8. The molecule has 326 valence electrons. The molecule has 4 amide bonds. The number of aromatic nitrogens is 4. The van der Waals surface area contributed by atoms with E-state index >= 15 is 0 Å². The molecule has 2 saturated heterocycles. The van der Waals surface area contributed by atoms with Crippen molar-refractivity contribution in [2.24, 2.45) is 11.8 Å². The normalized spacial score (nSPS) is 21.7. The SMILES string of the molecule is COC(=O)N[C@H](C(=O)N1CCC[C@H]1c1nc2ccc(-c3ccc(-c4ccc5nc([C@@H]6CCCN6C(=O)[C@@H](NC(=O)OC)C(C)C)[nH]c5c4)c4c3C3CCC4CC3)cc2[nH]1)C(C)C. The number of aromatic amines is 2. The number of methoxy groups -OCH3 is 2. The number of alkyl carbamates (subject to hydrolysis) is 2. The number of carbonyl (C=O) groups excluding carboxylic acids is 4. The van der Waals surface area contributed by atoms with Gasteiger partial charge in [0.2, 0.25) is 11.8 Å². The van der Waals surface area contributed by atoms with Crippen molar-refractivity contribution >= 4 is 46.1 Å². The molecule has 3 fully saturated rings. The van der Waals surface area contributed by atoms with Crippen LogP contribution in [0.4, 0.5) is 9.59 Å². The predicted octanol–water partition coefficient (Wildman–Crippen LogP) is 8.62. The number of nitrogens with one attached hydrogen (secondary N) is 4. The highest BCUT2D eigenvalue weighted by molar-refractivity contribution is 5.90. The van der Waals surface area contributed by atoms with Gasteiger partial charge >= 0.3 is 12.2 Å². The number of likely N-dealkylation sites (tertiary alicyclic amines) is 2. The van der Waals surface area contributed by atoms with E-state index in [-0.39, 0.29) is 35.7 Å². The predicted molar refractivity (Wildman–Crippen MR) is 236 cm³/mol. The van der Waals surface area contributed by atoms with E-state index in [9.17, 15) is 19.2 Å². The Labute approximate surface area is 361 Å². The fraction of sp³-hybridized carbons (Fsp3) is 0.500. The number of nitrogens with zero attached hydrogens (tertiary/aromatic N) is 4. The standard InChI is InChI=1S/C48H58N8O6/c1-25(2)41(53-47(59)61-5)45(57)55-21-7-9-37(55)43-49-33-19-15-29(23-35(33)51-43)31-17-18-32(40-28-13-11-27(12-14-28)39(31)40)30-16-20-34-36(24-30)52-44(50-34)38-10-8-22-56(38)46(58)42(26(3)4)54-48(60)62-6/h15-20,23-28,37-38,41-42H,7-14,21-22H2,1-6H3,(H,49,51)(H,50,52)(H,53,59)(H,54,60)/t27?,28?,37-,38-,41-,42-/m0/s1. The van der Waals surface area contributed by atoms with Crippen LogP contribution in [-0.2, 0) is 19.1 Å². The number of rotatable bonds is 10. The molecule has 1 saturated carbocycles. The van der Waals surface area contributed by atoms with Gasteiger partial charge in [-0.15, -0.1) is 0 Å². The van der Waals surface area contributed by atoms with Crippen molar-refractivity contribution in [3.05, 3.63) is 71.3 Å². The summed E-state index contributed by atoms with van der Waals surface area (Å²) in [6.07, 6.45) is 6.80. The summed E-state index contributed by atoms with van der Waals surface area (Å²) in [5, 5.41) is 5.48. The van der Waals surface area contributed by atoms with E-state index in [1.54, 1.807) is 0 Å². The minimum Gasteiger partial charge on any atom is -0.453 e.